The van der Waals surface area contributed by atoms with Crippen LogP contribution in [0.25, 0.3) is 0 Å². The van der Waals surface area contributed by atoms with E-state index in [1.54, 1.807) is 37.3 Å². The van der Waals surface area contributed by atoms with Crippen LogP contribution in [-0.4, -0.2) is 55.5 Å². The molecule has 0 bridgehead atoms. The highest BCUT2D eigenvalue weighted by molar-refractivity contribution is 5.89. The van der Waals surface area contributed by atoms with Crippen molar-refractivity contribution in [2.45, 2.75) is 37.6 Å². The molecule has 0 aliphatic carbocycles. The summed E-state index contributed by atoms with van der Waals surface area (Å²) >= 11 is 0. The minimum absolute atomic E-state index is 0.213. The van der Waals surface area contributed by atoms with Crippen molar-refractivity contribution in [1.82, 2.24) is 0 Å². The van der Waals surface area contributed by atoms with E-state index in [0.29, 0.717) is 5.56 Å². The van der Waals surface area contributed by atoms with Crippen LogP contribution in [-0.2, 0) is 18.9 Å². The van der Waals surface area contributed by atoms with E-state index in [1.807, 2.05) is 6.07 Å². The predicted octanol–water partition coefficient (Wildman–Crippen LogP) is 1.54. The minimum atomic E-state index is -1.08. The van der Waals surface area contributed by atoms with Gasteiger partial charge in [0.25, 0.3) is 0 Å². The topological polar surface area (TPSA) is 74.2 Å². The Labute approximate surface area is 135 Å². The van der Waals surface area contributed by atoms with Crippen molar-refractivity contribution in [3.63, 3.8) is 0 Å². The van der Waals surface area contributed by atoms with Crippen LogP contribution >= 0.6 is 0 Å². The zero-order chi connectivity index (χ0) is 16.8. The van der Waals surface area contributed by atoms with Crippen molar-refractivity contribution < 1.29 is 28.8 Å². The first-order chi connectivity index (χ1) is 11.1. The molecule has 0 saturated carbocycles. The molecule has 2 rings (SSSR count). The predicted molar refractivity (Wildman–Crippen MR) is 82.9 cm³/mol. The van der Waals surface area contributed by atoms with E-state index in [1.165, 1.54) is 7.11 Å². The van der Waals surface area contributed by atoms with Crippen LogP contribution < -0.4 is 0 Å². The summed E-state index contributed by atoms with van der Waals surface area (Å²) < 4.78 is 21.8. The van der Waals surface area contributed by atoms with E-state index in [9.17, 15) is 9.90 Å². The lowest BCUT2D eigenvalue weighted by molar-refractivity contribution is -0.291. The summed E-state index contributed by atoms with van der Waals surface area (Å²) in [5.74, 6) is -0.499. The van der Waals surface area contributed by atoms with Crippen LogP contribution in [0.2, 0.25) is 0 Å². The molecule has 5 atom stereocenters. The fourth-order valence-electron chi connectivity index (χ4n) is 2.48. The largest absolute Gasteiger partial charge is 0.453 e. The van der Waals surface area contributed by atoms with Gasteiger partial charge in [-0.2, -0.15) is 0 Å². The quantitative estimate of drug-likeness (QED) is 0.632. The number of ether oxygens (including phenoxy) is 4. The molecule has 1 N–H and O–H groups in total. The summed E-state index contributed by atoms with van der Waals surface area (Å²) in [5.41, 5.74) is 0.422. The van der Waals surface area contributed by atoms with Crippen LogP contribution in [0.4, 0.5) is 0 Å². The van der Waals surface area contributed by atoms with Gasteiger partial charge in [0.15, 0.2) is 12.4 Å². The fraction of sp³-hybridized carbons (Fsp3) is 0.471. The molecule has 0 amide bonds. The molecule has 1 saturated heterocycles. The van der Waals surface area contributed by atoms with Gasteiger partial charge >= 0.3 is 5.97 Å². The minimum Gasteiger partial charge on any atom is -0.453 e. The molecular weight excluding hydrogens is 300 g/mol. The Morgan fingerprint density at radius 3 is 2.65 bits per heavy atom. The van der Waals surface area contributed by atoms with Gasteiger partial charge in [-0.05, 0) is 19.1 Å². The summed E-state index contributed by atoms with van der Waals surface area (Å²) in [6.07, 6.45) is -2.38. The second-order valence-electron chi connectivity index (χ2n) is 5.26. The molecule has 1 fully saturated rings. The molecule has 126 valence electrons. The van der Waals surface area contributed by atoms with Gasteiger partial charge in [0, 0.05) is 7.11 Å². The van der Waals surface area contributed by atoms with Crippen LogP contribution in [0, 0.1) is 0 Å². The molecule has 1 aromatic rings. The highest BCUT2D eigenvalue weighted by Gasteiger charge is 2.46. The number of aliphatic hydroxyl groups excluding tert-OH is 1. The van der Waals surface area contributed by atoms with E-state index in [0.717, 1.165) is 0 Å². The third-order valence-electron chi connectivity index (χ3n) is 3.64. The molecule has 1 aliphatic heterocycles. The van der Waals surface area contributed by atoms with Gasteiger partial charge < -0.3 is 24.1 Å². The van der Waals surface area contributed by atoms with Crippen LogP contribution in [0.15, 0.2) is 43.0 Å². The zero-order valence-electron chi connectivity index (χ0n) is 13.3. The zero-order valence-corrected chi connectivity index (χ0v) is 13.3. The van der Waals surface area contributed by atoms with Gasteiger partial charge in [-0.1, -0.05) is 24.3 Å². The molecule has 6 nitrogen and oxygen atoms in total. The molecule has 6 heteroatoms. The second-order valence-corrected chi connectivity index (χ2v) is 5.26. The average Bonchev–Trinajstić information content (AvgIpc) is 2.58. The van der Waals surface area contributed by atoms with Crippen LogP contribution in [0.3, 0.4) is 0 Å². The number of hydrogen-bond acceptors (Lipinski definition) is 6. The Morgan fingerprint density at radius 2 is 2.04 bits per heavy atom. The van der Waals surface area contributed by atoms with Gasteiger partial charge in [-0.15, -0.1) is 6.58 Å². The average molecular weight is 322 g/mol. The normalized spacial score (nSPS) is 30.7. The summed E-state index contributed by atoms with van der Waals surface area (Å²) in [6.45, 7) is 5.54. The maximum atomic E-state index is 12.3. The summed E-state index contributed by atoms with van der Waals surface area (Å²) in [4.78, 5) is 12.3. The molecular formula is C17H22O6. The highest BCUT2D eigenvalue weighted by atomic mass is 16.7. The molecule has 0 aromatic heterocycles. The van der Waals surface area contributed by atoms with Crippen LogP contribution in [0.5, 0.6) is 0 Å². The van der Waals surface area contributed by atoms with E-state index in [2.05, 4.69) is 6.58 Å². The van der Waals surface area contributed by atoms with Gasteiger partial charge in [0.05, 0.1) is 18.3 Å². The van der Waals surface area contributed by atoms with Gasteiger partial charge in [0.2, 0.25) is 0 Å². The number of hydrogen-bond donors (Lipinski definition) is 1. The lowest BCUT2D eigenvalue weighted by Gasteiger charge is -2.42. The molecule has 0 radical (unpaired) electrons. The maximum Gasteiger partial charge on any atom is 0.338 e. The van der Waals surface area contributed by atoms with Crippen molar-refractivity contribution in [2.24, 2.45) is 0 Å². The fourth-order valence-corrected chi connectivity index (χ4v) is 2.48. The van der Waals surface area contributed by atoms with E-state index in [4.69, 9.17) is 18.9 Å². The van der Waals surface area contributed by atoms with Gasteiger partial charge in [0.1, 0.15) is 12.2 Å². The molecule has 0 unspecified atom stereocenters. The Morgan fingerprint density at radius 1 is 1.35 bits per heavy atom. The summed E-state index contributed by atoms with van der Waals surface area (Å²) in [6, 6.07) is 8.62. The molecule has 0 spiro atoms. The Kier molecular flexibility index (Phi) is 6.29. The van der Waals surface area contributed by atoms with E-state index < -0.39 is 36.7 Å². The number of carbonyl (C=O) groups excluding carboxylic acids is 1. The number of esters is 1. The number of carbonyl (C=O) groups is 1. The molecule has 23 heavy (non-hydrogen) atoms. The lowest BCUT2D eigenvalue weighted by atomic mass is 9.99. The monoisotopic (exact) mass is 322 g/mol. The third-order valence-corrected chi connectivity index (χ3v) is 3.64. The Balaban J connectivity index is 2.15. The number of benzene rings is 1. The van der Waals surface area contributed by atoms with Gasteiger partial charge in [-0.25, -0.2) is 4.79 Å². The summed E-state index contributed by atoms with van der Waals surface area (Å²) in [7, 11) is 1.43. The number of rotatable bonds is 6. The third kappa shape index (κ3) is 4.17. The summed E-state index contributed by atoms with van der Waals surface area (Å²) in [5, 5.41) is 10.3. The Bertz CT molecular complexity index is 517. The van der Waals surface area contributed by atoms with Crippen LogP contribution in [0.1, 0.15) is 17.3 Å². The van der Waals surface area contributed by atoms with Gasteiger partial charge in [-0.3, -0.25) is 0 Å². The van der Waals surface area contributed by atoms with E-state index >= 15 is 0 Å². The van der Waals surface area contributed by atoms with Crippen molar-refractivity contribution in [3.05, 3.63) is 48.6 Å². The Hall–Kier alpha value is -1.73. The molecule has 1 aromatic carbocycles. The number of aliphatic hydroxyl groups is 1. The number of methoxy groups -OCH3 is 1. The standard InChI is InChI=1S/C17H22O6/c1-4-10-21-15-13(18)17(20-3)22-11(2)14(15)23-16(19)12-8-6-5-7-9-12/h4-9,11,13-15,17-18H,1,10H2,2-3H3/t11-,13+,14-,15-,17+/m1/s1. The lowest BCUT2D eigenvalue weighted by Crippen LogP contribution is -2.59. The first kappa shape index (κ1) is 17.6. The highest BCUT2D eigenvalue weighted by Crippen LogP contribution is 2.27. The second kappa shape index (κ2) is 8.21. The van der Waals surface area contributed by atoms with Crippen molar-refractivity contribution in [1.29, 1.82) is 0 Å². The van der Waals surface area contributed by atoms with Crippen molar-refractivity contribution in [3.8, 4) is 0 Å². The SMILES string of the molecule is C=CCO[C@@H]1[C@H](O)[C@@H](OC)O[C@H](C)[C@H]1OC(=O)c1ccccc1. The smallest absolute Gasteiger partial charge is 0.338 e. The molecule has 1 aliphatic rings. The maximum absolute atomic E-state index is 12.3. The molecule has 1 heterocycles. The van der Waals surface area contributed by atoms with Crippen molar-refractivity contribution >= 4 is 5.97 Å². The first-order valence-electron chi connectivity index (χ1n) is 7.43. The first-order valence-corrected chi connectivity index (χ1v) is 7.43. The van der Waals surface area contributed by atoms with Crippen molar-refractivity contribution in [2.75, 3.05) is 13.7 Å². The van der Waals surface area contributed by atoms with E-state index in [-0.39, 0.29) is 6.61 Å².